The van der Waals surface area contributed by atoms with E-state index in [0.29, 0.717) is 0 Å². The molecule has 0 bridgehead atoms. The van der Waals surface area contributed by atoms with Gasteiger partial charge in [0.1, 0.15) is 11.4 Å². The number of likely N-dealkylation sites (N-methyl/N-ethyl adjacent to an activating group) is 1. The Hall–Kier alpha value is -0.700. The number of halogens is 1. The number of ether oxygens (including phenoxy) is 1. The van der Waals surface area contributed by atoms with Crippen LogP contribution in [0.15, 0.2) is 16.6 Å². The molecule has 0 unspecified atom stereocenters. The summed E-state index contributed by atoms with van der Waals surface area (Å²) in [5, 5.41) is 0. The van der Waals surface area contributed by atoms with Crippen LogP contribution in [0.2, 0.25) is 0 Å². The summed E-state index contributed by atoms with van der Waals surface area (Å²) in [5.74, 6) is 0.999. The number of hydrogen-bond acceptors (Lipinski definition) is 2. The second kappa shape index (κ2) is 3.95. The van der Waals surface area contributed by atoms with Gasteiger partial charge in [-0.05, 0) is 45.4 Å². The van der Waals surface area contributed by atoms with Gasteiger partial charge in [0, 0.05) is 11.0 Å². The van der Waals surface area contributed by atoms with Gasteiger partial charge in [-0.3, -0.25) is 0 Å². The van der Waals surface area contributed by atoms with Crippen LogP contribution in [-0.4, -0.2) is 18.7 Å². The number of nitrogens with zero attached hydrogens (tertiary/aromatic N) is 1. The number of anilines is 1. The number of hydrogen-bond donors (Lipinski definition) is 0. The third-order valence-electron chi connectivity index (χ3n) is 2.92. The molecular formula is C13H18BrNO. The van der Waals surface area contributed by atoms with Crippen molar-refractivity contribution in [3.63, 3.8) is 0 Å². The Labute approximate surface area is 106 Å². The standard InChI is InChI=1S/C13H18BrNO/c1-5-15-8-13(3,4)16-12-6-9(2)10(14)7-11(12)15/h6-7H,5,8H2,1-4H3. The molecule has 0 fully saturated rings. The Balaban J connectivity index is 2.50. The van der Waals surface area contributed by atoms with E-state index in [1.165, 1.54) is 11.3 Å². The molecule has 0 aliphatic carbocycles. The lowest BCUT2D eigenvalue weighted by Gasteiger charge is -2.40. The van der Waals surface area contributed by atoms with Crippen LogP contribution < -0.4 is 9.64 Å². The second-order valence-electron chi connectivity index (χ2n) is 4.95. The minimum Gasteiger partial charge on any atom is -0.484 e. The van der Waals surface area contributed by atoms with Crippen molar-refractivity contribution in [2.75, 3.05) is 18.0 Å². The van der Waals surface area contributed by atoms with Crippen molar-refractivity contribution in [2.24, 2.45) is 0 Å². The fraction of sp³-hybridized carbons (Fsp3) is 0.538. The number of aryl methyl sites for hydroxylation is 1. The number of rotatable bonds is 1. The van der Waals surface area contributed by atoms with Crippen LogP contribution in [0.1, 0.15) is 26.3 Å². The van der Waals surface area contributed by atoms with Crippen LogP contribution in [0.3, 0.4) is 0 Å². The summed E-state index contributed by atoms with van der Waals surface area (Å²) in [6, 6.07) is 4.27. The van der Waals surface area contributed by atoms with Crippen LogP contribution in [0.4, 0.5) is 5.69 Å². The van der Waals surface area contributed by atoms with Crippen molar-refractivity contribution in [1.29, 1.82) is 0 Å². The monoisotopic (exact) mass is 283 g/mol. The van der Waals surface area contributed by atoms with Crippen molar-refractivity contribution >= 4 is 21.6 Å². The van der Waals surface area contributed by atoms with Gasteiger partial charge in [-0.1, -0.05) is 15.9 Å². The molecule has 1 aliphatic rings. The molecule has 0 amide bonds. The van der Waals surface area contributed by atoms with E-state index >= 15 is 0 Å². The predicted octanol–water partition coefficient (Wildman–Crippen LogP) is 3.75. The third kappa shape index (κ3) is 2.05. The van der Waals surface area contributed by atoms with Crippen LogP contribution in [0.5, 0.6) is 5.75 Å². The highest BCUT2D eigenvalue weighted by Crippen LogP contribution is 2.39. The maximum atomic E-state index is 6.02. The molecule has 3 heteroatoms. The molecule has 0 radical (unpaired) electrons. The maximum absolute atomic E-state index is 6.02. The van der Waals surface area contributed by atoms with Crippen LogP contribution in [-0.2, 0) is 0 Å². The summed E-state index contributed by atoms with van der Waals surface area (Å²) in [6.45, 7) is 10.5. The molecule has 0 aromatic heterocycles. The number of benzene rings is 1. The summed E-state index contributed by atoms with van der Waals surface area (Å²) in [4.78, 5) is 2.36. The van der Waals surface area contributed by atoms with Crippen molar-refractivity contribution < 1.29 is 4.74 Å². The first kappa shape index (κ1) is 11.8. The smallest absolute Gasteiger partial charge is 0.143 e. The largest absolute Gasteiger partial charge is 0.484 e. The van der Waals surface area contributed by atoms with Crippen molar-refractivity contribution in [2.45, 2.75) is 33.3 Å². The molecule has 2 rings (SSSR count). The lowest BCUT2D eigenvalue weighted by atomic mass is 10.0. The zero-order valence-electron chi connectivity index (χ0n) is 10.3. The molecule has 0 spiro atoms. The minimum absolute atomic E-state index is 0.108. The van der Waals surface area contributed by atoms with E-state index in [-0.39, 0.29) is 5.60 Å². The van der Waals surface area contributed by atoms with Crippen molar-refractivity contribution in [3.05, 3.63) is 22.2 Å². The zero-order valence-corrected chi connectivity index (χ0v) is 11.9. The van der Waals surface area contributed by atoms with Crippen LogP contribution in [0, 0.1) is 6.92 Å². The maximum Gasteiger partial charge on any atom is 0.143 e. The van der Waals surface area contributed by atoms with E-state index < -0.39 is 0 Å². The molecule has 0 atom stereocenters. The van der Waals surface area contributed by atoms with Gasteiger partial charge in [-0.2, -0.15) is 0 Å². The normalized spacial score (nSPS) is 17.9. The highest BCUT2D eigenvalue weighted by Gasteiger charge is 2.31. The molecule has 2 nitrogen and oxygen atoms in total. The van der Waals surface area contributed by atoms with Crippen LogP contribution in [0.25, 0.3) is 0 Å². The average Bonchev–Trinajstić information content (AvgIpc) is 2.18. The fourth-order valence-electron chi connectivity index (χ4n) is 2.13. The molecule has 1 heterocycles. The van der Waals surface area contributed by atoms with Gasteiger partial charge < -0.3 is 9.64 Å². The molecule has 0 saturated heterocycles. The van der Waals surface area contributed by atoms with Crippen molar-refractivity contribution in [3.8, 4) is 5.75 Å². The van der Waals surface area contributed by atoms with E-state index in [4.69, 9.17) is 4.74 Å². The van der Waals surface area contributed by atoms with Gasteiger partial charge >= 0.3 is 0 Å². The Morgan fingerprint density at radius 3 is 2.75 bits per heavy atom. The average molecular weight is 284 g/mol. The van der Waals surface area contributed by atoms with Gasteiger partial charge in [0.15, 0.2) is 0 Å². The van der Waals surface area contributed by atoms with E-state index in [9.17, 15) is 0 Å². The molecule has 0 saturated carbocycles. The van der Waals surface area contributed by atoms with Crippen molar-refractivity contribution in [1.82, 2.24) is 0 Å². The molecule has 16 heavy (non-hydrogen) atoms. The highest BCUT2D eigenvalue weighted by molar-refractivity contribution is 9.10. The van der Waals surface area contributed by atoms with E-state index in [1.807, 2.05) is 0 Å². The first-order valence-corrected chi connectivity index (χ1v) is 6.46. The Morgan fingerprint density at radius 1 is 1.44 bits per heavy atom. The van der Waals surface area contributed by atoms with Gasteiger partial charge in [-0.25, -0.2) is 0 Å². The van der Waals surface area contributed by atoms with E-state index in [0.717, 1.165) is 23.3 Å². The SMILES string of the molecule is CCN1CC(C)(C)Oc2cc(C)c(Br)cc21. The first-order valence-electron chi connectivity index (χ1n) is 5.67. The first-order chi connectivity index (χ1) is 7.43. The molecule has 1 aliphatic heterocycles. The molecule has 1 aromatic carbocycles. The molecule has 1 aromatic rings. The lowest BCUT2D eigenvalue weighted by molar-refractivity contribution is 0.105. The fourth-order valence-corrected chi connectivity index (χ4v) is 2.46. The lowest BCUT2D eigenvalue weighted by Crippen LogP contribution is -2.46. The minimum atomic E-state index is -0.108. The Bertz CT molecular complexity index is 415. The topological polar surface area (TPSA) is 12.5 Å². The highest BCUT2D eigenvalue weighted by atomic mass is 79.9. The van der Waals surface area contributed by atoms with E-state index in [1.54, 1.807) is 0 Å². The van der Waals surface area contributed by atoms with Gasteiger partial charge in [0.2, 0.25) is 0 Å². The summed E-state index contributed by atoms with van der Waals surface area (Å²) in [6.07, 6.45) is 0. The summed E-state index contributed by atoms with van der Waals surface area (Å²) in [5.41, 5.74) is 2.30. The third-order valence-corrected chi connectivity index (χ3v) is 3.77. The second-order valence-corrected chi connectivity index (χ2v) is 5.80. The number of fused-ring (bicyclic) bond motifs is 1. The van der Waals surface area contributed by atoms with Gasteiger partial charge in [-0.15, -0.1) is 0 Å². The Kier molecular flexibility index (Phi) is 2.91. The quantitative estimate of drug-likeness (QED) is 0.778. The van der Waals surface area contributed by atoms with Crippen LogP contribution >= 0.6 is 15.9 Å². The molecule has 88 valence electrons. The summed E-state index contributed by atoms with van der Waals surface area (Å²) in [7, 11) is 0. The summed E-state index contributed by atoms with van der Waals surface area (Å²) >= 11 is 3.58. The molecular weight excluding hydrogens is 266 g/mol. The predicted molar refractivity (Wildman–Crippen MR) is 71.5 cm³/mol. The summed E-state index contributed by atoms with van der Waals surface area (Å²) < 4.78 is 7.17. The zero-order chi connectivity index (χ0) is 11.9. The van der Waals surface area contributed by atoms with Gasteiger partial charge in [0.25, 0.3) is 0 Å². The van der Waals surface area contributed by atoms with E-state index in [2.05, 4.69) is 60.7 Å². The molecule has 0 N–H and O–H groups in total. The van der Waals surface area contributed by atoms with Gasteiger partial charge in [0.05, 0.1) is 12.2 Å². The Morgan fingerprint density at radius 2 is 2.12 bits per heavy atom.